The topological polar surface area (TPSA) is 51.1 Å². The van der Waals surface area contributed by atoms with Gasteiger partial charge in [-0.15, -0.1) is 0 Å². The Balaban J connectivity index is 1.57. The maximum atomic E-state index is 12.8. The second-order valence-corrected chi connectivity index (χ2v) is 7.21. The molecule has 2 aromatic carbocycles. The fraction of sp³-hybridized carbons (Fsp3) is 0.182. The van der Waals surface area contributed by atoms with Crippen LogP contribution >= 0.6 is 11.6 Å². The maximum absolute atomic E-state index is 12.8. The van der Waals surface area contributed by atoms with Crippen LogP contribution in [0.2, 0.25) is 5.02 Å². The van der Waals surface area contributed by atoms with Crippen molar-refractivity contribution in [1.29, 1.82) is 0 Å². The molecule has 4 nitrogen and oxygen atoms in total. The second-order valence-electron chi connectivity index (χ2n) is 6.80. The molecule has 0 radical (unpaired) electrons. The summed E-state index contributed by atoms with van der Waals surface area (Å²) in [5.41, 5.74) is 3.79. The fourth-order valence-electron chi connectivity index (χ4n) is 3.59. The van der Waals surface area contributed by atoms with Crippen LogP contribution in [0, 0.1) is 6.92 Å². The fourth-order valence-corrected chi connectivity index (χ4v) is 3.87. The standard InChI is InChI=1S/C22H19ClN2O2/c1-14-7-8-18(17(23)13-14)24-22(27)16-11-12-25-19(16)9-10-20(25)21(26)15-5-3-2-4-6-15/h2-10,13,16H,11-12H2,1H3,(H,24,27)/t16-/m1/s1. The molecule has 0 bridgehead atoms. The number of ketones is 1. The summed E-state index contributed by atoms with van der Waals surface area (Å²) in [6.45, 7) is 2.60. The average Bonchev–Trinajstić information content (AvgIpc) is 3.26. The van der Waals surface area contributed by atoms with E-state index in [9.17, 15) is 9.59 Å². The third-order valence-corrected chi connectivity index (χ3v) is 5.29. The number of aromatic nitrogens is 1. The first-order valence-electron chi connectivity index (χ1n) is 8.91. The predicted octanol–water partition coefficient (Wildman–Crippen LogP) is 4.81. The van der Waals surface area contributed by atoms with Gasteiger partial charge in [-0.05, 0) is 43.2 Å². The number of hydrogen-bond acceptors (Lipinski definition) is 2. The average molecular weight is 379 g/mol. The van der Waals surface area contributed by atoms with Gasteiger partial charge in [-0.3, -0.25) is 9.59 Å². The molecule has 0 saturated carbocycles. The van der Waals surface area contributed by atoms with E-state index in [1.807, 2.05) is 60.0 Å². The number of carbonyl (C=O) groups is 2. The zero-order valence-corrected chi connectivity index (χ0v) is 15.7. The lowest BCUT2D eigenvalue weighted by Crippen LogP contribution is -2.19. The summed E-state index contributed by atoms with van der Waals surface area (Å²) in [5.74, 6) is -0.416. The minimum atomic E-state index is -0.292. The van der Waals surface area contributed by atoms with Crippen molar-refractivity contribution < 1.29 is 9.59 Å². The van der Waals surface area contributed by atoms with Gasteiger partial charge in [0.25, 0.3) is 0 Å². The lowest BCUT2D eigenvalue weighted by Gasteiger charge is -2.12. The first kappa shape index (κ1) is 17.6. The van der Waals surface area contributed by atoms with E-state index in [4.69, 9.17) is 11.6 Å². The molecule has 0 saturated heterocycles. The molecule has 0 unspecified atom stereocenters. The van der Waals surface area contributed by atoms with Crippen LogP contribution in [0.25, 0.3) is 0 Å². The molecular formula is C22H19ClN2O2. The molecular weight excluding hydrogens is 360 g/mol. The van der Waals surface area contributed by atoms with E-state index < -0.39 is 0 Å². The second kappa shape index (κ2) is 7.05. The number of nitrogens with zero attached hydrogens (tertiary/aromatic N) is 1. The normalized spacial score (nSPS) is 15.4. The quantitative estimate of drug-likeness (QED) is 0.662. The minimum absolute atomic E-state index is 0.0236. The first-order valence-corrected chi connectivity index (χ1v) is 9.28. The number of carbonyl (C=O) groups excluding carboxylic acids is 2. The number of fused-ring (bicyclic) bond motifs is 1. The predicted molar refractivity (Wildman–Crippen MR) is 106 cm³/mol. The van der Waals surface area contributed by atoms with Crippen LogP contribution < -0.4 is 5.32 Å². The largest absolute Gasteiger partial charge is 0.341 e. The Morgan fingerprint density at radius 1 is 1.07 bits per heavy atom. The number of halogens is 1. The van der Waals surface area contributed by atoms with Crippen LogP contribution in [0.3, 0.4) is 0 Å². The van der Waals surface area contributed by atoms with E-state index in [-0.39, 0.29) is 17.6 Å². The van der Waals surface area contributed by atoms with Gasteiger partial charge in [0.05, 0.1) is 22.3 Å². The van der Waals surface area contributed by atoms with Gasteiger partial charge in [-0.25, -0.2) is 0 Å². The van der Waals surface area contributed by atoms with Gasteiger partial charge >= 0.3 is 0 Å². The highest BCUT2D eigenvalue weighted by atomic mass is 35.5. The molecule has 0 aliphatic carbocycles. The van der Waals surface area contributed by atoms with Crippen molar-refractivity contribution in [3.05, 3.63) is 88.2 Å². The van der Waals surface area contributed by atoms with E-state index >= 15 is 0 Å². The number of anilines is 1. The van der Waals surface area contributed by atoms with Gasteiger partial charge in [0.15, 0.2) is 0 Å². The van der Waals surface area contributed by atoms with Crippen molar-refractivity contribution in [2.45, 2.75) is 25.8 Å². The van der Waals surface area contributed by atoms with Crippen LogP contribution in [-0.4, -0.2) is 16.3 Å². The van der Waals surface area contributed by atoms with Gasteiger partial charge in [-0.1, -0.05) is 48.0 Å². The van der Waals surface area contributed by atoms with E-state index in [1.165, 1.54) is 0 Å². The molecule has 27 heavy (non-hydrogen) atoms. The monoisotopic (exact) mass is 378 g/mol. The molecule has 4 rings (SSSR count). The summed E-state index contributed by atoms with van der Waals surface area (Å²) in [7, 11) is 0. The van der Waals surface area contributed by atoms with Crippen molar-refractivity contribution >= 4 is 29.0 Å². The highest BCUT2D eigenvalue weighted by molar-refractivity contribution is 6.33. The zero-order valence-electron chi connectivity index (χ0n) is 14.9. The molecule has 136 valence electrons. The summed E-state index contributed by atoms with van der Waals surface area (Å²) in [4.78, 5) is 25.6. The highest BCUT2D eigenvalue weighted by Gasteiger charge is 2.32. The third kappa shape index (κ3) is 3.28. The smallest absolute Gasteiger partial charge is 0.233 e. The molecule has 1 N–H and O–H groups in total. The van der Waals surface area contributed by atoms with Crippen LogP contribution in [0.4, 0.5) is 5.69 Å². The van der Waals surface area contributed by atoms with Gasteiger partial charge in [0.2, 0.25) is 11.7 Å². The summed E-state index contributed by atoms with van der Waals surface area (Å²) in [6, 6.07) is 18.4. The minimum Gasteiger partial charge on any atom is -0.341 e. The summed E-state index contributed by atoms with van der Waals surface area (Å²) < 4.78 is 1.95. The summed E-state index contributed by atoms with van der Waals surface area (Å²) in [6.07, 6.45) is 0.667. The lowest BCUT2D eigenvalue weighted by atomic mass is 10.0. The van der Waals surface area contributed by atoms with Crippen molar-refractivity contribution in [2.24, 2.45) is 0 Å². The van der Waals surface area contributed by atoms with Crippen LogP contribution in [0.1, 0.15) is 39.6 Å². The summed E-state index contributed by atoms with van der Waals surface area (Å²) in [5, 5.41) is 3.45. The Hall–Kier alpha value is -2.85. The van der Waals surface area contributed by atoms with Crippen LogP contribution in [0.15, 0.2) is 60.7 Å². The Morgan fingerprint density at radius 3 is 2.59 bits per heavy atom. The van der Waals surface area contributed by atoms with Crippen LogP contribution in [-0.2, 0) is 11.3 Å². The van der Waals surface area contributed by atoms with Crippen molar-refractivity contribution in [3.63, 3.8) is 0 Å². The Morgan fingerprint density at radius 2 is 1.85 bits per heavy atom. The first-order chi connectivity index (χ1) is 13.0. The lowest BCUT2D eigenvalue weighted by molar-refractivity contribution is -0.117. The number of aryl methyl sites for hydroxylation is 1. The molecule has 1 amide bonds. The Labute approximate surface area is 162 Å². The number of hydrogen-bond donors (Lipinski definition) is 1. The zero-order chi connectivity index (χ0) is 19.0. The number of benzene rings is 2. The molecule has 2 heterocycles. The van der Waals surface area contributed by atoms with Crippen molar-refractivity contribution in [1.82, 2.24) is 4.57 Å². The summed E-state index contributed by atoms with van der Waals surface area (Å²) >= 11 is 6.23. The van der Waals surface area contributed by atoms with Crippen LogP contribution in [0.5, 0.6) is 0 Å². The number of nitrogens with one attached hydrogen (secondary N) is 1. The molecule has 1 aliphatic rings. The van der Waals surface area contributed by atoms with Gasteiger partial charge in [0, 0.05) is 17.8 Å². The molecule has 1 aromatic heterocycles. The molecule has 1 atom stereocenters. The Kier molecular flexibility index (Phi) is 4.58. The highest BCUT2D eigenvalue weighted by Crippen LogP contribution is 2.33. The molecule has 0 spiro atoms. The third-order valence-electron chi connectivity index (χ3n) is 4.98. The van der Waals surface area contributed by atoms with E-state index in [1.54, 1.807) is 12.1 Å². The van der Waals surface area contributed by atoms with Crippen molar-refractivity contribution in [3.8, 4) is 0 Å². The Bertz CT molecular complexity index is 1020. The van der Waals surface area contributed by atoms with E-state index in [2.05, 4.69) is 5.32 Å². The van der Waals surface area contributed by atoms with Crippen molar-refractivity contribution in [2.75, 3.05) is 5.32 Å². The van der Waals surface area contributed by atoms with E-state index in [0.29, 0.717) is 34.9 Å². The van der Waals surface area contributed by atoms with Gasteiger partial charge in [-0.2, -0.15) is 0 Å². The van der Waals surface area contributed by atoms with Gasteiger partial charge in [0.1, 0.15) is 0 Å². The van der Waals surface area contributed by atoms with Gasteiger partial charge < -0.3 is 9.88 Å². The number of amides is 1. The molecule has 5 heteroatoms. The number of rotatable bonds is 4. The SMILES string of the molecule is Cc1ccc(NC(=O)[C@@H]2CCn3c(C(=O)c4ccccc4)ccc32)c(Cl)c1. The van der Waals surface area contributed by atoms with E-state index in [0.717, 1.165) is 11.3 Å². The molecule has 1 aliphatic heterocycles. The molecule has 3 aromatic rings. The molecule has 0 fully saturated rings. The maximum Gasteiger partial charge on any atom is 0.233 e.